The van der Waals surface area contributed by atoms with E-state index in [-0.39, 0.29) is 11.1 Å². The zero-order valence-electron chi connectivity index (χ0n) is 9.08. The summed E-state index contributed by atoms with van der Waals surface area (Å²) in [7, 11) is 0. The van der Waals surface area contributed by atoms with Crippen molar-refractivity contribution in [3.05, 3.63) is 44.2 Å². The highest BCUT2D eigenvalue weighted by Gasteiger charge is 2.11. The highest BCUT2D eigenvalue weighted by atomic mass is 79.9. The van der Waals surface area contributed by atoms with E-state index < -0.39 is 5.97 Å². The minimum absolute atomic E-state index is 0.0948. The maximum absolute atomic E-state index is 11.9. The maximum Gasteiger partial charge on any atom is 0.352 e. The number of hydrogen-bond acceptors (Lipinski definition) is 2. The molecule has 0 fully saturated rings. The quantitative estimate of drug-likeness (QED) is 0.894. The van der Waals surface area contributed by atoms with Crippen molar-refractivity contribution < 1.29 is 9.90 Å². The van der Waals surface area contributed by atoms with E-state index in [1.54, 1.807) is 6.07 Å². The van der Waals surface area contributed by atoms with Gasteiger partial charge in [0.05, 0.1) is 5.52 Å². The molecule has 2 aromatic rings. The molecule has 0 unspecified atom stereocenters. The lowest BCUT2D eigenvalue weighted by Gasteiger charge is -2.06. The van der Waals surface area contributed by atoms with E-state index in [2.05, 4.69) is 20.9 Å². The molecule has 0 radical (unpaired) electrons. The zero-order valence-corrected chi connectivity index (χ0v) is 10.7. The molecule has 88 valence electrons. The van der Waals surface area contributed by atoms with Crippen LogP contribution in [-0.2, 0) is 6.42 Å². The molecule has 0 aliphatic rings. The third-order valence-electron chi connectivity index (χ3n) is 2.59. The summed E-state index contributed by atoms with van der Waals surface area (Å²) in [6, 6.07) is 4.71. The Hall–Kier alpha value is -1.62. The predicted molar refractivity (Wildman–Crippen MR) is 68.6 cm³/mol. The Morgan fingerprint density at radius 3 is 2.71 bits per heavy atom. The Labute approximate surface area is 105 Å². The van der Waals surface area contributed by atoms with Crippen LogP contribution in [0.1, 0.15) is 23.0 Å². The summed E-state index contributed by atoms with van der Waals surface area (Å²) in [6.45, 7) is 1.95. The van der Waals surface area contributed by atoms with Crippen molar-refractivity contribution in [1.82, 2.24) is 4.98 Å². The van der Waals surface area contributed by atoms with Crippen molar-refractivity contribution in [3.8, 4) is 0 Å². The molecule has 1 heterocycles. The molecule has 0 atom stereocenters. The molecule has 0 aliphatic carbocycles. The van der Waals surface area contributed by atoms with Gasteiger partial charge in [0.15, 0.2) is 5.43 Å². The van der Waals surface area contributed by atoms with Crippen molar-refractivity contribution in [2.24, 2.45) is 0 Å². The fourth-order valence-corrected chi connectivity index (χ4v) is 2.34. The molecule has 5 heteroatoms. The highest BCUT2D eigenvalue weighted by molar-refractivity contribution is 9.10. The minimum Gasteiger partial charge on any atom is -0.477 e. The van der Waals surface area contributed by atoms with Crippen LogP contribution in [-0.4, -0.2) is 16.1 Å². The summed E-state index contributed by atoms with van der Waals surface area (Å²) in [5, 5.41) is 9.44. The number of carbonyl (C=O) groups is 1. The Kier molecular flexibility index (Phi) is 3.02. The maximum atomic E-state index is 11.9. The van der Waals surface area contributed by atoms with E-state index in [9.17, 15) is 9.59 Å². The fraction of sp³-hybridized carbons (Fsp3) is 0.167. The number of aromatic nitrogens is 1. The first-order valence-electron chi connectivity index (χ1n) is 5.11. The largest absolute Gasteiger partial charge is 0.477 e. The number of benzene rings is 1. The van der Waals surface area contributed by atoms with Crippen LogP contribution in [0.2, 0.25) is 0 Å². The van der Waals surface area contributed by atoms with Crippen molar-refractivity contribution in [2.45, 2.75) is 13.3 Å². The van der Waals surface area contributed by atoms with Crippen LogP contribution in [0.5, 0.6) is 0 Å². The van der Waals surface area contributed by atoms with Crippen LogP contribution < -0.4 is 5.43 Å². The number of pyridine rings is 1. The summed E-state index contributed by atoms with van der Waals surface area (Å²) in [5.74, 6) is -1.14. The van der Waals surface area contributed by atoms with Crippen molar-refractivity contribution in [3.63, 3.8) is 0 Å². The van der Waals surface area contributed by atoms with Crippen LogP contribution >= 0.6 is 15.9 Å². The first-order valence-corrected chi connectivity index (χ1v) is 5.91. The number of rotatable bonds is 2. The van der Waals surface area contributed by atoms with Crippen molar-refractivity contribution >= 4 is 32.8 Å². The number of aromatic carboxylic acids is 1. The molecule has 4 nitrogen and oxygen atoms in total. The van der Waals surface area contributed by atoms with E-state index in [0.29, 0.717) is 17.3 Å². The van der Waals surface area contributed by atoms with Crippen molar-refractivity contribution in [1.29, 1.82) is 0 Å². The van der Waals surface area contributed by atoms with E-state index >= 15 is 0 Å². The number of fused-ring (bicyclic) bond motifs is 1. The number of H-pyrrole nitrogens is 1. The highest BCUT2D eigenvalue weighted by Crippen LogP contribution is 2.21. The average Bonchev–Trinajstić information content (AvgIpc) is 2.26. The molecular formula is C12H10BrNO3. The summed E-state index contributed by atoms with van der Waals surface area (Å²) in [5.41, 5.74) is 1.08. The normalized spacial score (nSPS) is 10.7. The number of aromatic amines is 1. The lowest BCUT2D eigenvalue weighted by molar-refractivity contribution is 0.0691. The Balaban J connectivity index is 2.90. The van der Waals surface area contributed by atoms with Gasteiger partial charge >= 0.3 is 5.97 Å². The van der Waals surface area contributed by atoms with Crippen LogP contribution in [0.3, 0.4) is 0 Å². The Bertz CT molecular complexity index is 661. The fourth-order valence-electron chi connectivity index (χ4n) is 1.83. The van der Waals surface area contributed by atoms with Crippen LogP contribution in [0.4, 0.5) is 0 Å². The number of aryl methyl sites for hydroxylation is 1. The molecule has 1 aromatic carbocycles. The summed E-state index contributed by atoms with van der Waals surface area (Å²) in [4.78, 5) is 25.5. The second-order valence-electron chi connectivity index (χ2n) is 3.69. The topological polar surface area (TPSA) is 70.2 Å². The van der Waals surface area contributed by atoms with Crippen LogP contribution in [0, 0.1) is 0 Å². The molecule has 0 spiro atoms. The molecule has 0 amide bonds. The molecule has 0 saturated carbocycles. The van der Waals surface area contributed by atoms with Crippen LogP contribution in [0.15, 0.2) is 27.5 Å². The summed E-state index contributed by atoms with van der Waals surface area (Å²) >= 11 is 3.34. The SMILES string of the molecule is CCc1cc(Br)cc2[nH]c(C(=O)O)cc(=O)c12. The number of carboxylic acid groups (broad SMARTS) is 1. The zero-order chi connectivity index (χ0) is 12.6. The van der Waals surface area contributed by atoms with E-state index in [0.717, 1.165) is 16.1 Å². The molecule has 2 N–H and O–H groups in total. The van der Waals surface area contributed by atoms with Crippen LogP contribution in [0.25, 0.3) is 10.9 Å². The van der Waals surface area contributed by atoms with Gasteiger partial charge in [-0.1, -0.05) is 22.9 Å². The molecule has 0 aliphatic heterocycles. The number of halogens is 1. The van der Waals surface area contributed by atoms with Gasteiger partial charge in [-0.15, -0.1) is 0 Å². The first-order chi connectivity index (χ1) is 8.02. The van der Waals surface area contributed by atoms with Gasteiger partial charge in [-0.05, 0) is 24.1 Å². The van der Waals surface area contributed by atoms with Gasteiger partial charge in [-0.25, -0.2) is 4.79 Å². The predicted octanol–water partition coefficient (Wildman–Crippen LogP) is 2.55. The number of hydrogen-bond donors (Lipinski definition) is 2. The van der Waals surface area contributed by atoms with Gasteiger partial charge < -0.3 is 10.1 Å². The van der Waals surface area contributed by atoms with E-state index in [1.165, 1.54) is 0 Å². The minimum atomic E-state index is -1.14. The van der Waals surface area contributed by atoms with Gasteiger partial charge in [-0.3, -0.25) is 4.79 Å². The lowest BCUT2D eigenvalue weighted by Crippen LogP contribution is -2.11. The second-order valence-corrected chi connectivity index (χ2v) is 4.61. The van der Waals surface area contributed by atoms with Gasteiger partial charge in [-0.2, -0.15) is 0 Å². The third kappa shape index (κ3) is 2.10. The second kappa shape index (κ2) is 4.33. The molecule has 1 aromatic heterocycles. The van der Waals surface area contributed by atoms with Gasteiger partial charge in [0.1, 0.15) is 5.69 Å². The van der Waals surface area contributed by atoms with Gasteiger partial charge in [0.2, 0.25) is 0 Å². The Morgan fingerprint density at radius 1 is 1.41 bits per heavy atom. The molecule has 0 bridgehead atoms. The summed E-state index contributed by atoms with van der Waals surface area (Å²) in [6.07, 6.45) is 0.714. The van der Waals surface area contributed by atoms with Gasteiger partial charge in [0.25, 0.3) is 0 Å². The van der Waals surface area contributed by atoms with E-state index in [4.69, 9.17) is 5.11 Å². The monoisotopic (exact) mass is 295 g/mol. The standard InChI is InChI=1S/C12H10BrNO3/c1-2-6-3-7(13)4-8-11(6)10(15)5-9(14-8)12(16)17/h3-5H,2H2,1H3,(H,14,15)(H,16,17). The number of carboxylic acids is 1. The Morgan fingerprint density at radius 2 is 2.12 bits per heavy atom. The average molecular weight is 296 g/mol. The van der Waals surface area contributed by atoms with Gasteiger partial charge in [0, 0.05) is 15.9 Å². The smallest absolute Gasteiger partial charge is 0.352 e. The number of nitrogens with one attached hydrogen (secondary N) is 1. The first kappa shape index (κ1) is 11.9. The van der Waals surface area contributed by atoms with Crippen molar-refractivity contribution in [2.75, 3.05) is 0 Å². The molecule has 17 heavy (non-hydrogen) atoms. The molecular weight excluding hydrogens is 286 g/mol. The van der Waals surface area contributed by atoms with E-state index in [1.807, 2.05) is 13.0 Å². The third-order valence-corrected chi connectivity index (χ3v) is 3.05. The molecule has 0 saturated heterocycles. The summed E-state index contributed by atoms with van der Waals surface area (Å²) < 4.78 is 0.819. The molecule has 2 rings (SSSR count). The lowest BCUT2D eigenvalue weighted by atomic mass is 10.1.